The largest absolute Gasteiger partial charge is 0.356 e. The lowest BCUT2D eigenvalue weighted by atomic mass is 10.0. The van der Waals surface area contributed by atoms with Gasteiger partial charge in [0, 0.05) is 31.0 Å². The number of aromatic nitrogens is 1. The molecular weight excluding hydrogens is 274 g/mol. The van der Waals surface area contributed by atoms with Crippen LogP contribution in [0, 0.1) is 12.8 Å². The molecule has 2 N–H and O–H groups in total. The first-order valence-corrected chi connectivity index (χ1v) is 7.72. The van der Waals surface area contributed by atoms with Crippen molar-refractivity contribution in [2.75, 3.05) is 6.54 Å². The maximum absolute atomic E-state index is 11.9. The Morgan fingerprint density at radius 3 is 2.60 bits per heavy atom. The molecule has 2 amide bonds. The molecule has 6 heteroatoms. The summed E-state index contributed by atoms with van der Waals surface area (Å²) >= 11 is 1.57. The molecule has 0 saturated heterocycles. The highest BCUT2D eigenvalue weighted by Gasteiger charge is 2.18. The van der Waals surface area contributed by atoms with Gasteiger partial charge in [0.2, 0.25) is 11.8 Å². The third kappa shape index (κ3) is 6.14. The molecule has 0 radical (unpaired) electrons. The van der Waals surface area contributed by atoms with Crippen LogP contribution < -0.4 is 10.6 Å². The lowest BCUT2D eigenvalue weighted by Gasteiger charge is -2.18. The molecule has 1 heterocycles. The van der Waals surface area contributed by atoms with Gasteiger partial charge in [-0.3, -0.25) is 9.59 Å². The van der Waals surface area contributed by atoms with Crippen molar-refractivity contribution in [1.82, 2.24) is 15.6 Å². The topological polar surface area (TPSA) is 71.1 Å². The number of carbonyl (C=O) groups is 2. The Hall–Kier alpha value is -1.43. The Morgan fingerprint density at radius 2 is 2.10 bits per heavy atom. The van der Waals surface area contributed by atoms with Crippen LogP contribution in [0.25, 0.3) is 0 Å². The van der Waals surface area contributed by atoms with Crippen LogP contribution in [0.1, 0.15) is 50.4 Å². The predicted molar refractivity (Wildman–Crippen MR) is 80.5 cm³/mol. The lowest BCUT2D eigenvalue weighted by molar-refractivity contribution is -0.122. The number of nitrogens with zero attached hydrogens (tertiary/aromatic N) is 1. The zero-order valence-electron chi connectivity index (χ0n) is 12.5. The SMILES string of the molecule is CC(=O)NCCC(=O)NC(CC(C)C)c1nc(C)cs1. The van der Waals surface area contributed by atoms with E-state index in [0.29, 0.717) is 18.9 Å². The Labute approximate surface area is 124 Å². The molecule has 1 unspecified atom stereocenters. The van der Waals surface area contributed by atoms with Gasteiger partial charge in [0.25, 0.3) is 0 Å². The maximum atomic E-state index is 11.9. The zero-order valence-corrected chi connectivity index (χ0v) is 13.3. The van der Waals surface area contributed by atoms with Gasteiger partial charge in [0.05, 0.1) is 6.04 Å². The van der Waals surface area contributed by atoms with E-state index in [9.17, 15) is 9.59 Å². The summed E-state index contributed by atoms with van der Waals surface area (Å²) < 4.78 is 0. The van der Waals surface area contributed by atoms with Gasteiger partial charge in [-0.15, -0.1) is 11.3 Å². The first-order valence-electron chi connectivity index (χ1n) is 6.84. The van der Waals surface area contributed by atoms with Gasteiger partial charge in [-0.05, 0) is 19.3 Å². The second-order valence-corrected chi connectivity index (χ2v) is 6.20. The summed E-state index contributed by atoms with van der Waals surface area (Å²) in [6.45, 7) is 8.00. The van der Waals surface area contributed by atoms with E-state index < -0.39 is 0 Å². The molecule has 1 rings (SSSR count). The van der Waals surface area contributed by atoms with Gasteiger partial charge in [-0.25, -0.2) is 4.98 Å². The third-order valence-corrected chi connectivity index (χ3v) is 3.78. The summed E-state index contributed by atoms with van der Waals surface area (Å²) in [6, 6.07) is -0.0430. The third-order valence-electron chi connectivity index (χ3n) is 2.70. The molecule has 0 bridgehead atoms. The highest BCUT2D eigenvalue weighted by molar-refractivity contribution is 7.09. The van der Waals surface area contributed by atoms with Gasteiger partial charge in [-0.1, -0.05) is 13.8 Å². The van der Waals surface area contributed by atoms with Crippen LogP contribution in [-0.4, -0.2) is 23.3 Å². The second kappa shape index (κ2) is 7.99. The van der Waals surface area contributed by atoms with Crippen LogP contribution in [0.5, 0.6) is 0 Å². The maximum Gasteiger partial charge on any atom is 0.222 e. The minimum absolute atomic E-state index is 0.0430. The molecule has 1 aromatic heterocycles. The van der Waals surface area contributed by atoms with Crippen molar-refractivity contribution in [3.8, 4) is 0 Å². The van der Waals surface area contributed by atoms with Gasteiger partial charge in [-0.2, -0.15) is 0 Å². The van der Waals surface area contributed by atoms with E-state index in [4.69, 9.17) is 0 Å². The molecule has 0 aliphatic heterocycles. The average molecular weight is 297 g/mol. The van der Waals surface area contributed by atoms with E-state index in [-0.39, 0.29) is 17.9 Å². The zero-order chi connectivity index (χ0) is 15.1. The van der Waals surface area contributed by atoms with E-state index in [1.165, 1.54) is 6.92 Å². The summed E-state index contributed by atoms with van der Waals surface area (Å²) in [6.07, 6.45) is 1.15. The van der Waals surface area contributed by atoms with Crippen molar-refractivity contribution in [2.45, 2.75) is 46.6 Å². The molecule has 0 aliphatic rings. The van der Waals surface area contributed by atoms with E-state index in [1.807, 2.05) is 12.3 Å². The molecule has 0 spiro atoms. The molecule has 0 fully saturated rings. The number of thiazole rings is 1. The molecule has 112 valence electrons. The standard InChI is InChI=1S/C14H23N3O2S/c1-9(2)7-12(14-16-10(3)8-20-14)17-13(19)5-6-15-11(4)18/h8-9,12H,5-7H2,1-4H3,(H,15,18)(H,17,19). The molecule has 5 nitrogen and oxygen atoms in total. The number of hydrogen-bond acceptors (Lipinski definition) is 4. The lowest BCUT2D eigenvalue weighted by Crippen LogP contribution is -2.32. The molecule has 0 aliphatic carbocycles. The normalized spacial score (nSPS) is 12.2. The van der Waals surface area contributed by atoms with Gasteiger partial charge >= 0.3 is 0 Å². The Balaban J connectivity index is 2.56. The van der Waals surface area contributed by atoms with E-state index in [2.05, 4.69) is 29.5 Å². The summed E-state index contributed by atoms with van der Waals surface area (Å²) in [5.41, 5.74) is 0.978. The highest BCUT2D eigenvalue weighted by atomic mass is 32.1. The van der Waals surface area contributed by atoms with Crippen LogP contribution >= 0.6 is 11.3 Å². The quantitative estimate of drug-likeness (QED) is 0.810. The number of carbonyl (C=O) groups excluding carboxylic acids is 2. The van der Waals surface area contributed by atoms with Gasteiger partial charge < -0.3 is 10.6 Å². The van der Waals surface area contributed by atoms with Crippen molar-refractivity contribution >= 4 is 23.2 Å². The van der Waals surface area contributed by atoms with Crippen molar-refractivity contribution in [3.05, 3.63) is 16.1 Å². The van der Waals surface area contributed by atoms with Crippen molar-refractivity contribution < 1.29 is 9.59 Å². The van der Waals surface area contributed by atoms with E-state index in [0.717, 1.165) is 17.1 Å². The van der Waals surface area contributed by atoms with Gasteiger partial charge in [0.15, 0.2) is 0 Å². The monoisotopic (exact) mass is 297 g/mol. The number of rotatable bonds is 7. The minimum atomic E-state index is -0.118. The van der Waals surface area contributed by atoms with Gasteiger partial charge in [0.1, 0.15) is 5.01 Å². The smallest absolute Gasteiger partial charge is 0.222 e. The Morgan fingerprint density at radius 1 is 1.40 bits per heavy atom. The number of amides is 2. The Bertz CT molecular complexity index is 457. The Kier molecular flexibility index (Phi) is 6.64. The van der Waals surface area contributed by atoms with Crippen molar-refractivity contribution in [2.24, 2.45) is 5.92 Å². The van der Waals surface area contributed by atoms with Crippen LogP contribution in [0.3, 0.4) is 0 Å². The number of aryl methyl sites for hydroxylation is 1. The molecule has 20 heavy (non-hydrogen) atoms. The summed E-state index contributed by atoms with van der Waals surface area (Å²) in [5, 5.41) is 8.57. The van der Waals surface area contributed by atoms with Crippen LogP contribution in [0.4, 0.5) is 0 Å². The summed E-state index contributed by atoms with van der Waals surface area (Å²) in [7, 11) is 0. The molecule has 1 atom stereocenters. The molecule has 0 saturated carbocycles. The molecule has 1 aromatic rings. The van der Waals surface area contributed by atoms with Crippen molar-refractivity contribution in [1.29, 1.82) is 0 Å². The fourth-order valence-corrected chi connectivity index (χ4v) is 2.70. The van der Waals surface area contributed by atoms with E-state index in [1.54, 1.807) is 11.3 Å². The van der Waals surface area contributed by atoms with Crippen LogP contribution in [-0.2, 0) is 9.59 Å². The fraction of sp³-hybridized carbons (Fsp3) is 0.643. The summed E-state index contributed by atoms with van der Waals surface area (Å²) in [5.74, 6) is 0.296. The number of hydrogen-bond donors (Lipinski definition) is 2. The first-order chi connectivity index (χ1) is 9.38. The average Bonchev–Trinajstić information content (AvgIpc) is 2.74. The van der Waals surface area contributed by atoms with Crippen LogP contribution in [0.15, 0.2) is 5.38 Å². The molecule has 0 aromatic carbocycles. The summed E-state index contributed by atoms with van der Waals surface area (Å²) in [4.78, 5) is 27.1. The molecular formula is C14H23N3O2S. The highest BCUT2D eigenvalue weighted by Crippen LogP contribution is 2.24. The predicted octanol–water partition coefficient (Wildman–Crippen LogP) is 2.18. The second-order valence-electron chi connectivity index (χ2n) is 5.31. The number of nitrogens with one attached hydrogen (secondary N) is 2. The fourth-order valence-electron chi connectivity index (χ4n) is 1.84. The van der Waals surface area contributed by atoms with Crippen LogP contribution in [0.2, 0.25) is 0 Å². The first kappa shape index (κ1) is 16.6. The van der Waals surface area contributed by atoms with Crippen molar-refractivity contribution in [3.63, 3.8) is 0 Å². The minimum Gasteiger partial charge on any atom is -0.356 e. The van der Waals surface area contributed by atoms with E-state index >= 15 is 0 Å².